The molecule has 0 radical (unpaired) electrons. The summed E-state index contributed by atoms with van der Waals surface area (Å²) in [7, 11) is -3.69. The molecule has 0 aliphatic carbocycles. The SMILES string of the molecule is O=C(c1ccc(F)cc1)N1CCN(S(=O)(=O)c2ccc3c(c2)OCO3)CC1. The summed E-state index contributed by atoms with van der Waals surface area (Å²) >= 11 is 0. The molecule has 0 saturated carbocycles. The number of hydrogen-bond acceptors (Lipinski definition) is 5. The van der Waals surface area contributed by atoms with Crippen LogP contribution in [-0.4, -0.2) is 56.5 Å². The highest BCUT2D eigenvalue weighted by molar-refractivity contribution is 7.89. The van der Waals surface area contributed by atoms with Gasteiger partial charge in [-0.15, -0.1) is 0 Å². The van der Waals surface area contributed by atoms with E-state index < -0.39 is 15.8 Å². The second-order valence-electron chi connectivity index (χ2n) is 6.22. The van der Waals surface area contributed by atoms with Gasteiger partial charge < -0.3 is 14.4 Å². The minimum Gasteiger partial charge on any atom is -0.454 e. The standard InChI is InChI=1S/C18H17FN2O5S/c19-14-3-1-13(2-4-14)18(22)20-7-9-21(10-8-20)27(23,24)15-5-6-16-17(11-15)26-12-25-16/h1-6,11H,7-10,12H2. The number of ether oxygens (including phenoxy) is 2. The number of fused-ring (bicyclic) bond motifs is 1. The van der Waals surface area contributed by atoms with Crippen LogP contribution >= 0.6 is 0 Å². The van der Waals surface area contributed by atoms with Crippen LogP contribution in [0.2, 0.25) is 0 Å². The van der Waals surface area contributed by atoms with Gasteiger partial charge in [-0.3, -0.25) is 4.79 Å². The third-order valence-corrected chi connectivity index (χ3v) is 6.49. The molecule has 9 heteroatoms. The molecule has 0 unspecified atom stereocenters. The van der Waals surface area contributed by atoms with Crippen molar-refractivity contribution in [2.45, 2.75) is 4.90 Å². The second-order valence-corrected chi connectivity index (χ2v) is 8.16. The van der Waals surface area contributed by atoms with Crippen molar-refractivity contribution < 1.29 is 27.1 Å². The van der Waals surface area contributed by atoms with Gasteiger partial charge in [-0.1, -0.05) is 0 Å². The molecular weight excluding hydrogens is 375 g/mol. The Morgan fingerprint density at radius 1 is 0.926 bits per heavy atom. The number of rotatable bonds is 3. The molecule has 2 aromatic carbocycles. The zero-order valence-corrected chi connectivity index (χ0v) is 15.1. The first-order chi connectivity index (χ1) is 12.9. The molecule has 142 valence electrons. The summed E-state index contributed by atoms with van der Waals surface area (Å²) in [5.74, 6) is 0.270. The van der Waals surface area contributed by atoms with Crippen LogP contribution in [0.25, 0.3) is 0 Å². The van der Waals surface area contributed by atoms with Crippen molar-refractivity contribution in [3.8, 4) is 11.5 Å². The molecular formula is C18H17FN2O5S. The molecule has 1 amide bonds. The number of benzene rings is 2. The fourth-order valence-corrected chi connectivity index (χ4v) is 4.53. The minimum absolute atomic E-state index is 0.0724. The molecule has 7 nitrogen and oxygen atoms in total. The van der Waals surface area contributed by atoms with Crippen LogP contribution in [-0.2, 0) is 10.0 Å². The number of nitrogens with zero attached hydrogens (tertiary/aromatic N) is 2. The molecule has 0 spiro atoms. The van der Waals surface area contributed by atoms with E-state index in [0.717, 1.165) is 0 Å². The first-order valence-electron chi connectivity index (χ1n) is 8.40. The van der Waals surface area contributed by atoms with Crippen LogP contribution in [0.5, 0.6) is 11.5 Å². The van der Waals surface area contributed by atoms with Crippen molar-refractivity contribution in [3.63, 3.8) is 0 Å². The van der Waals surface area contributed by atoms with Crippen molar-refractivity contribution in [1.82, 2.24) is 9.21 Å². The Labute approximate surface area is 156 Å². The van der Waals surface area contributed by atoms with E-state index in [9.17, 15) is 17.6 Å². The molecule has 0 aromatic heterocycles. The molecule has 27 heavy (non-hydrogen) atoms. The monoisotopic (exact) mass is 392 g/mol. The van der Waals surface area contributed by atoms with Crippen LogP contribution in [0.4, 0.5) is 4.39 Å². The summed E-state index contributed by atoms with van der Waals surface area (Å²) in [4.78, 5) is 14.2. The maximum atomic E-state index is 13.0. The lowest BCUT2D eigenvalue weighted by Gasteiger charge is -2.34. The van der Waals surface area contributed by atoms with Gasteiger partial charge in [-0.2, -0.15) is 4.31 Å². The molecule has 2 aliphatic rings. The lowest BCUT2D eigenvalue weighted by Crippen LogP contribution is -2.50. The van der Waals surface area contributed by atoms with Crippen molar-refractivity contribution in [2.75, 3.05) is 33.0 Å². The third-order valence-electron chi connectivity index (χ3n) is 4.60. The van der Waals surface area contributed by atoms with E-state index in [1.807, 2.05) is 0 Å². The first-order valence-corrected chi connectivity index (χ1v) is 9.84. The molecule has 0 bridgehead atoms. The fraction of sp³-hybridized carbons (Fsp3) is 0.278. The summed E-state index contributed by atoms with van der Waals surface area (Å²) in [5, 5.41) is 0. The zero-order valence-electron chi connectivity index (χ0n) is 14.3. The van der Waals surface area contributed by atoms with Gasteiger partial charge in [0.15, 0.2) is 11.5 Å². The predicted octanol–water partition coefficient (Wildman–Crippen LogP) is 1.70. The highest BCUT2D eigenvalue weighted by Gasteiger charge is 2.31. The van der Waals surface area contributed by atoms with E-state index in [1.165, 1.54) is 40.7 Å². The Kier molecular flexibility index (Phi) is 4.48. The molecule has 4 rings (SSSR count). The summed E-state index contributed by atoms with van der Waals surface area (Å²) in [5.41, 5.74) is 0.378. The molecule has 0 N–H and O–H groups in total. The maximum Gasteiger partial charge on any atom is 0.253 e. The molecule has 0 atom stereocenters. The number of sulfonamides is 1. The number of carbonyl (C=O) groups excluding carboxylic acids is 1. The highest BCUT2D eigenvalue weighted by Crippen LogP contribution is 2.34. The molecule has 2 aromatic rings. The molecule has 2 heterocycles. The zero-order chi connectivity index (χ0) is 19.0. The smallest absolute Gasteiger partial charge is 0.253 e. The van der Waals surface area contributed by atoms with Crippen molar-refractivity contribution >= 4 is 15.9 Å². The van der Waals surface area contributed by atoms with E-state index in [-0.39, 0.29) is 43.8 Å². The van der Waals surface area contributed by atoms with Crippen LogP contribution in [0.1, 0.15) is 10.4 Å². The van der Waals surface area contributed by atoms with Gasteiger partial charge in [0.1, 0.15) is 5.82 Å². The number of halogens is 1. The largest absolute Gasteiger partial charge is 0.454 e. The van der Waals surface area contributed by atoms with Gasteiger partial charge in [-0.05, 0) is 36.4 Å². The summed E-state index contributed by atoms with van der Waals surface area (Å²) in [6, 6.07) is 9.82. The van der Waals surface area contributed by atoms with Gasteiger partial charge >= 0.3 is 0 Å². The average Bonchev–Trinajstić information content (AvgIpc) is 3.16. The van der Waals surface area contributed by atoms with Crippen LogP contribution in [0.3, 0.4) is 0 Å². The summed E-state index contributed by atoms with van der Waals surface area (Å²) in [6.45, 7) is 0.969. The van der Waals surface area contributed by atoms with Crippen molar-refractivity contribution in [2.24, 2.45) is 0 Å². The van der Waals surface area contributed by atoms with Crippen molar-refractivity contribution in [1.29, 1.82) is 0 Å². The quantitative estimate of drug-likeness (QED) is 0.795. The Bertz CT molecular complexity index is 970. The average molecular weight is 392 g/mol. The topological polar surface area (TPSA) is 76.2 Å². The lowest BCUT2D eigenvalue weighted by atomic mass is 10.2. The molecule has 2 aliphatic heterocycles. The Hall–Kier alpha value is -2.65. The highest BCUT2D eigenvalue weighted by atomic mass is 32.2. The Balaban J connectivity index is 1.45. The normalized spacial score (nSPS) is 17.1. The Morgan fingerprint density at radius 3 is 2.30 bits per heavy atom. The van der Waals surface area contributed by atoms with Gasteiger partial charge in [0.2, 0.25) is 16.8 Å². The molecule has 1 saturated heterocycles. The van der Waals surface area contributed by atoms with E-state index >= 15 is 0 Å². The van der Waals surface area contributed by atoms with E-state index in [2.05, 4.69) is 0 Å². The van der Waals surface area contributed by atoms with Crippen molar-refractivity contribution in [3.05, 3.63) is 53.8 Å². The minimum atomic E-state index is -3.69. The second kappa shape index (κ2) is 6.82. The Morgan fingerprint density at radius 2 is 1.59 bits per heavy atom. The molecule has 1 fully saturated rings. The van der Waals surface area contributed by atoms with Crippen LogP contribution < -0.4 is 9.47 Å². The maximum absolute atomic E-state index is 13.0. The lowest BCUT2D eigenvalue weighted by molar-refractivity contribution is 0.0698. The summed E-state index contributed by atoms with van der Waals surface area (Å²) < 4.78 is 50.5. The van der Waals surface area contributed by atoms with Gasteiger partial charge in [0.05, 0.1) is 4.90 Å². The van der Waals surface area contributed by atoms with Crippen LogP contribution in [0.15, 0.2) is 47.4 Å². The van der Waals surface area contributed by atoms with Gasteiger partial charge in [-0.25, -0.2) is 12.8 Å². The number of hydrogen-bond donors (Lipinski definition) is 0. The fourth-order valence-electron chi connectivity index (χ4n) is 3.09. The van der Waals surface area contributed by atoms with E-state index in [4.69, 9.17) is 9.47 Å². The van der Waals surface area contributed by atoms with E-state index in [0.29, 0.717) is 17.1 Å². The van der Waals surface area contributed by atoms with Gasteiger partial charge in [0, 0.05) is 37.8 Å². The van der Waals surface area contributed by atoms with E-state index in [1.54, 1.807) is 11.0 Å². The van der Waals surface area contributed by atoms with Gasteiger partial charge in [0.25, 0.3) is 5.91 Å². The summed E-state index contributed by atoms with van der Waals surface area (Å²) in [6.07, 6.45) is 0. The number of piperazine rings is 1. The van der Waals surface area contributed by atoms with Crippen LogP contribution in [0, 0.1) is 5.82 Å². The predicted molar refractivity (Wildman–Crippen MR) is 93.6 cm³/mol. The third kappa shape index (κ3) is 3.35. The number of amides is 1. The number of carbonyl (C=O) groups is 1. The first kappa shape index (κ1) is 17.7.